The Morgan fingerprint density at radius 1 is 0.957 bits per heavy atom. The van der Waals surface area contributed by atoms with E-state index in [-0.39, 0.29) is 24.4 Å². The van der Waals surface area contributed by atoms with Crippen LogP contribution in [0.4, 0.5) is 0 Å². The fraction of sp³-hybridized carbons (Fsp3) is 0.667. The van der Waals surface area contributed by atoms with Gasteiger partial charge in [-0.1, -0.05) is 32.9 Å². The Morgan fingerprint density at radius 2 is 1.52 bits per heavy atom. The molecule has 0 heterocycles. The predicted molar refractivity (Wildman–Crippen MR) is 89.2 cm³/mol. The van der Waals surface area contributed by atoms with Gasteiger partial charge in [-0.05, 0) is 17.7 Å². The molecule has 0 saturated heterocycles. The summed E-state index contributed by atoms with van der Waals surface area (Å²) >= 11 is 0. The summed E-state index contributed by atoms with van der Waals surface area (Å²) in [4.78, 5) is 0. The number of rotatable bonds is 10. The summed E-state index contributed by atoms with van der Waals surface area (Å²) in [6, 6.07) is 7.64. The number of hydrogen-bond donors (Lipinski definition) is 3. The lowest BCUT2D eigenvalue weighted by Crippen LogP contribution is -2.39. The molecule has 0 aliphatic rings. The molecule has 1 aromatic carbocycles. The van der Waals surface area contributed by atoms with Crippen LogP contribution in [0, 0.1) is 17.8 Å². The van der Waals surface area contributed by atoms with Crippen molar-refractivity contribution in [2.24, 2.45) is 17.8 Å². The second kappa shape index (κ2) is 9.88. The third kappa shape index (κ3) is 6.11. The van der Waals surface area contributed by atoms with Crippen molar-refractivity contribution in [2.45, 2.75) is 39.6 Å². The van der Waals surface area contributed by atoms with E-state index in [0.29, 0.717) is 13.2 Å². The normalized spacial score (nSPS) is 18.0. The van der Waals surface area contributed by atoms with E-state index in [2.05, 4.69) is 0 Å². The number of hydrogen-bond acceptors (Lipinski definition) is 5. The van der Waals surface area contributed by atoms with E-state index >= 15 is 0 Å². The summed E-state index contributed by atoms with van der Waals surface area (Å²) < 4.78 is 10.8. The Morgan fingerprint density at radius 3 is 2.04 bits per heavy atom. The van der Waals surface area contributed by atoms with Crippen LogP contribution in [0.25, 0.3) is 0 Å². The Kier molecular flexibility index (Phi) is 8.55. The Balaban J connectivity index is 2.40. The van der Waals surface area contributed by atoms with Crippen molar-refractivity contribution in [3.8, 4) is 5.75 Å². The second-order valence-corrected chi connectivity index (χ2v) is 6.34. The SMILES string of the molecule is COc1ccc(COC[C@H](C)[C@H](O)[C@@H](C)[C@@H](O)[C@H](C)CO)cc1. The first-order valence-corrected chi connectivity index (χ1v) is 8.08. The number of ether oxygens (including phenoxy) is 2. The molecule has 5 heteroatoms. The van der Waals surface area contributed by atoms with Gasteiger partial charge in [0.1, 0.15) is 5.75 Å². The van der Waals surface area contributed by atoms with Gasteiger partial charge < -0.3 is 24.8 Å². The average Bonchev–Trinajstić information content (AvgIpc) is 2.59. The lowest BCUT2D eigenvalue weighted by Gasteiger charge is -2.31. The molecule has 1 rings (SSSR count). The van der Waals surface area contributed by atoms with Crippen LogP contribution in [0.2, 0.25) is 0 Å². The highest BCUT2D eigenvalue weighted by atomic mass is 16.5. The smallest absolute Gasteiger partial charge is 0.118 e. The zero-order chi connectivity index (χ0) is 17.4. The summed E-state index contributed by atoms with van der Waals surface area (Å²) in [6.07, 6.45) is -1.42. The van der Waals surface area contributed by atoms with Crippen LogP contribution in [0.5, 0.6) is 5.75 Å². The molecule has 5 nitrogen and oxygen atoms in total. The highest BCUT2D eigenvalue weighted by Gasteiger charge is 2.30. The average molecular weight is 326 g/mol. The van der Waals surface area contributed by atoms with Crippen molar-refractivity contribution in [1.82, 2.24) is 0 Å². The maximum atomic E-state index is 10.3. The van der Waals surface area contributed by atoms with Crippen LogP contribution in [-0.4, -0.2) is 47.9 Å². The van der Waals surface area contributed by atoms with Gasteiger partial charge in [0, 0.05) is 24.4 Å². The van der Waals surface area contributed by atoms with Crippen molar-refractivity contribution in [3.05, 3.63) is 29.8 Å². The first-order chi connectivity index (χ1) is 10.9. The predicted octanol–water partition coefficient (Wildman–Crippen LogP) is 1.83. The summed E-state index contributed by atoms with van der Waals surface area (Å²) in [6.45, 7) is 6.22. The van der Waals surface area contributed by atoms with Gasteiger partial charge in [-0.2, -0.15) is 0 Å². The molecular weight excluding hydrogens is 296 g/mol. The van der Waals surface area contributed by atoms with Crippen LogP contribution in [-0.2, 0) is 11.3 Å². The lowest BCUT2D eigenvalue weighted by molar-refractivity contribution is -0.0556. The third-order valence-corrected chi connectivity index (χ3v) is 4.34. The first kappa shape index (κ1) is 19.9. The fourth-order valence-electron chi connectivity index (χ4n) is 2.53. The van der Waals surface area contributed by atoms with E-state index in [9.17, 15) is 10.2 Å². The number of aliphatic hydroxyl groups excluding tert-OH is 3. The van der Waals surface area contributed by atoms with Crippen molar-refractivity contribution in [3.63, 3.8) is 0 Å². The van der Waals surface area contributed by atoms with Gasteiger partial charge in [-0.15, -0.1) is 0 Å². The zero-order valence-electron chi connectivity index (χ0n) is 14.5. The van der Waals surface area contributed by atoms with E-state index in [1.807, 2.05) is 31.2 Å². The molecule has 132 valence electrons. The first-order valence-electron chi connectivity index (χ1n) is 8.08. The van der Waals surface area contributed by atoms with E-state index in [4.69, 9.17) is 14.6 Å². The zero-order valence-corrected chi connectivity index (χ0v) is 14.5. The Hall–Kier alpha value is -1.14. The van der Waals surface area contributed by atoms with Crippen molar-refractivity contribution in [1.29, 1.82) is 0 Å². The fourth-order valence-corrected chi connectivity index (χ4v) is 2.53. The van der Waals surface area contributed by atoms with E-state index in [0.717, 1.165) is 11.3 Å². The maximum absolute atomic E-state index is 10.3. The van der Waals surface area contributed by atoms with Crippen molar-refractivity contribution in [2.75, 3.05) is 20.3 Å². The van der Waals surface area contributed by atoms with Crippen LogP contribution in [0.1, 0.15) is 26.3 Å². The summed E-state index contributed by atoms with van der Waals surface area (Å²) in [5.41, 5.74) is 1.04. The minimum Gasteiger partial charge on any atom is -0.497 e. The Bertz CT molecular complexity index is 434. The molecule has 0 bridgehead atoms. The summed E-state index contributed by atoms with van der Waals surface area (Å²) in [5.74, 6) is 0.117. The highest BCUT2D eigenvalue weighted by Crippen LogP contribution is 2.22. The Labute approximate surface area is 138 Å². The second-order valence-electron chi connectivity index (χ2n) is 6.34. The van der Waals surface area contributed by atoms with Gasteiger partial charge in [0.05, 0.1) is 32.5 Å². The van der Waals surface area contributed by atoms with E-state index in [1.165, 1.54) is 0 Å². The van der Waals surface area contributed by atoms with Crippen molar-refractivity contribution < 1.29 is 24.8 Å². The molecule has 0 fully saturated rings. The highest BCUT2D eigenvalue weighted by molar-refractivity contribution is 5.26. The topological polar surface area (TPSA) is 79.2 Å². The molecule has 0 unspecified atom stereocenters. The molecule has 0 saturated carbocycles. The molecule has 0 radical (unpaired) electrons. The number of methoxy groups -OCH3 is 1. The van der Waals surface area contributed by atoms with Crippen molar-refractivity contribution >= 4 is 0 Å². The van der Waals surface area contributed by atoms with Gasteiger partial charge in [-0.3, -0.25) is 0 Å². The molecule has 3 N–H and O–H groups in total. The number of benzene rings is 1. The molecule has 0 spiro atoms. The largest absolute Gasteiger partial charge is 0.497 e. The molecule has 0 aliphatic heterocycles. The lowest BCUT2D eigenvalue weighted by atomic mass is 9.85. The molecule has 0 aliphatic carbocycles. The van der Waals surface area contributed by atoms with E-state index in [1.54, 1.807) is 21.0 Å². The van der Waals surface area contributed by atoms with Gasteiger partial charge in [-0.25, -0.2) is 0 Å². The van der Waals surface area contributed by atoms with Gasteiger partial charge in [0.25, 0.3) is 0 Å². The molecule has 23 heavy (non-hydrogen) atoms. The van der Waals surface area contributed by atoms with Crippen LogP contribution < -0.4 is 4.74 Å². The van der Waals surface area contributed by atoms with Crippen LogP contribution in [0.15, 0.2) is 24.3 Å². The molecule has 0 aromatic heterocycles. The number of aliphatic hydroxyl groups is 3. The van der Waals surface area contributed by atoms with Crippen LogP contribution >= 0.6 is 0 Å². The minimum absolute atomic E-state index is 0.0966. The molecule has 0 amide bonds. The standard InChI is InChI=1S/C18H30O5/c1-12(9-19)17(20)14(3)18(21)13(2)10-23-11-15-5-7-16(22-4)8-6-15/h5-8,12-14,17-21H,9-11H2,1-4H3/t12-,13+,14+,17+,18+/m1/s1. The van der Waals surface area contributed by atoms with Gasteiger partial charge in [0.15, 0.2) is 0 Å². The van der Waals surface area contributed by atoms with Crippen LogP contribution in [0.3, 0.4) is 0 Å². The summed E-state index contributed by atoms with van der Waals surface area (Å²) in [7, 11) is 1.63. The van der Waals surface area contributed by atoms with Gasteiger partial charge >= 0.3 is 0 Å². The molecule has 5 atom stereocenters. The quantitative estimate of drug-likeness (QED) is 0.611. The van der Waals surface area contributed by atoms with Gasteiger partial charge in [0.2, 0.25) is 0 Å². The minimum atomic E-state index is -0.737. The summed E-state index contributed by atoms with van der Waals surface area (Å²) in [5, 5.41) is 29.5. The molecule has 1 aromatic rings. The maximum Gasteiger partial charge on any atom is 0.118 e. The van der Waals surface area contributed by atoms with E-state index < -0.39 is 12.2 Å². The third-order valence-electron chi connectivity index (χ3n) is 4.34. The monoisotopic (exact) mass is 326 g/mol. The molecular formula is C18H30O5.